The Labute approximate surface area is 127 Å². The van der Waals surface area contributed by atoms with Crippen LogP contribution in [0.3, 0.4) is 0 Å². The zero-order valence-corrected chi connectivity index (χ0v) is 12.7. The van der Waals surface area contributed by atoms with Crippen LogP contribution >= 0.6 is 11.6 Å². The smallest absolute Gasteiger partial charge is 0.255 e. The third-order valence-electron chi connectivity index (χ3n) is 2.85. The first-order valence-corrected chi connectivity index (χ1v) is 7.90. The standard InChI is InChI=1S/C14H13ClN2O3S/c1-9-8-12(6-7-13(9)21(16,19)20)17-14(18)10-2-4-11(15)5-3-10/h2-8H,1H3,(H,17,18)(H2,16,19,20). The molecule has 0 heterocycles. The van der Waals surface area contributed by atoms with Crippen LogP contribution in [0.25, 0.3) is 0 Å². The predicted octanol–water partition coefficient (Wildman–Crippen LogP) is 2.55. The maximum atomic E-state index is 12.0. The van der Waals surface area contributed by atoms with Gasteiger partial charge in [0, 0.05) is 16.3 Å². The number of amides is 1. The lowest BCUT2D eigenvalue weighted by molar-refractivity contribution is 0.102. The van der Waals surface area contributed by atoms with Crippen molar-refractivity contribution in [2.75, 3.05) is 5.32 Å². The molecule has 3 N–H and O–H groups in total. The van der Waals surface area contributed by atoms with Crippen molar-refractivity contribution in [3.8, 4) is 0 Å². The Balaban J connectivity index is 2.22. The van der Waals surface area contributed by atoms with E-state index in [0.29, 0.717) is 21.8 Å². The number of nitrogens with one attached hydrogen (secondary N) is 1. The summed E-state index contributed by atoms with van der Waals surface area (Å²) in [7, 11) is -3.76. The van der Waals surface area contributed by atoms with E-state index in [1.807, 2.05) is 0 Å². The molecule has 0 aliphatic rings. The molecule has 0 aromatic heterocycles. The Morgan fingerprint density at radius 3 is 2.29 bits per heavy atom. The van der Waals surface area contributed by atoms with Crippen molar-refractivity contribution in [2.45, 2.75) is 11.8 Å². The Morgan fingerprint density at radius 2 is 1.76 bits per heavy atom. The number of carbonyl (C=O) groups excluding carboxylic acids is 1. The SMILES string of the molecule is Cc1cc(NC(=O)c2ccc(Cl)cc2)ccc1S(N)(=O)=O. The molecule has 0 bridgehead atoms. The average Bonchev–Trinajstić information content (AvgIpc) is 2.37. The number of nitrogens with two attached hydrogens (primary N) is 1. The quantitative estimate of drug-likeness (QED) is 0.909. The summed E-state index contributed by atoms with van der Waals surface area (Å²) in [6, 6.07) is 10.8. The van der Waals surface area contributed by atoms with Gasteiger partial charge in [-0.2, -0.15) is 0 Å². The molecule has 0 atom stereocenters. The van der Waals surface area contributed by atoms with Gasteiger partial charge in [-0.3, -0.25) is 4.79 Å². The van der Waals surface area contributed by atoms with Gasteiger partial charge in [-0.15, -0.1) is 0 Å². The van der Waals surface area contributed by atoms with E-state index in [2.05, 4.69) is 5.32 Å². The fourth-order valence-electron chi connectivity index (χ4n) is 1.85. The van der Waals surface area contributed by atoms with Crippen molar-refractivity contribution in [2.24, 2.45) is 5.14 Å². The van der Waals surface area contributed by atoms with Crippen LogP contribution in [0.2, 0.25) is 5.02 Å². The van der Waals surface area contributed by atoms with Crippen LogP contribution in [0.4, 0.5) is 5.69 Å². The second kappa shape index (κ2) is 5.85. The highest BCUT2D eigenvalue weighted by Gasteiger charge is 2.12. The summed E-state index contributed by atoms with van der Waals surface area (Å²) >= 11 is 5.76. The molecule has 7 heteroatoms. The van der Waals surface area contributed by atoms with Crippen LogP contribution in [-0.4, -0.2) is 14.3 Å². The van der Waals surface area contributed by atoms with Gasteiger partial charge in [-0.05, 0) is 55.0 Å². The number of sulfonamides is 1. The largest absolute Gasteiger partial charge is 0.322 e. The molecule has 1 amide bonds. The van der Waals surface area contributed by atoms with Gasteiger partial charge >= 0.3 is 0 Å². The predicted molar refractivity (Wildman–Crippen MR) is 82.0 cm³/mol. The van der Waals surface area contributed by atoms with E-state index in [9.17, 15) is 13.2 Å². The number of benzene rings is 2. The maximum absolute atomic E-state index is 12.0. The molecule has 0 radical (unpaired) electrons. The number of rotatable bonds is 3. The number of carbonyl (C=O) groups is 1. The fraction of sp³-hybridized carbons (Fsp3) is 0.0714. The molecule has 0 aliphatic carbocycles. The zero-order valence-electron chi connectivity index (χ0n) is 11.1. The van der Waals surface area contributed by atoms with Gasteiger partial charge in [0.15, 0.2) is 0 Å². The van der Waals surface area contributed by atoms with Crippen molar-refractivity contribution >= 4 is 33.2 Å². The second-order valence-corrected chi connectivity index (χ2v) is 6.45. The molecular formula is C14H13ClN2O3S. The van der Waals surface area contributed by atoms with E-state index in [-0.39, 0.29) is 10.8 Å². The summed E-state index contributed by atoms with van der Waals surface area (Å²) < 4.78 is 22.6. The Kier molecular flexibility index (Phi) is 4.32. The molecule has 0 saturated carbocycles. The van der Waals surface area contributed by atoms with Gasteiger partial charge < -0.3 is 5.32 Å². The van der Waals surface area contributed by atoms with Crippen LogP contribution in [0.5, 0.6) is 0 Å². The molecule has 2 aromatic rings. The lowest BCUT2D eigenvalue weighted by Gasteiger charge is -2.08. The van der Waals surface area contributed by atoms with Gasteiger partial charge in [0.25, 0.3) is 5.91 Å². The maximum Gasteiger partial charge on any atom is 0.255 e. The Hall–Kier alpha value is -1.89. The van der Waals surface area contributed by atoms with Gasteiger partial charge in [0.2, 0.25) is 10.0 Å². The Morgan fingerprint density at radius 1 is 1.14 bits per heavy atom. The molecule has 110 valence electrons. The average molecular weight is 325 g/mol. The van der Waals surface area contributed by atoms with Gasteiger partial charge in [0.05, 0.1) is 4.90 Å². The van der Waals surface area contributed by atoms with Crippen molar-refractivity contribution in [3.63, 3.8) is 0 Å². The summed E-state index contributed by atoms with van der Waals surface area (Å²) in [5.41, 5.74) is 1.40. The second-order valence-electron chi connectivity index (χ2n) is 4.49. The molecule has 0 fully saturated rings. The molecule has 0 saturated heterocycles. The van der Waals surface area contributed by atoms with E-state index in [1.54, 1.807) is 37.3 Å². The fourth-order valence-corrected chi connectivity index (χ4v) is 2.74. The molecule has 5 nitrogen and oxygen atoms in total. The summed E-state index contributed by atoms with van der Waals surface area (Å²) in [5, 5.41) is 8.31. The van der Waals surface area contributed by atoms with Crippen LogP contribution in [0, 0.1) is 6.92 Å². The van der Waals surface area contributed by atoms with Crippen molar-refractivity contribution in [3.05, 3.63) is 58.6 Å². The first-order chi connectivity index (χ1) is 9.77. The molecule has 2 rings (SSSR count). The van der Waals surface area contributed by atoms with E-state index >= 15 is 0 Å². The van der Waals surface area contributed by atoms with Crippen molar-refractivity contribution in [1.29, 1.82) is 0 Å². The highest BCUT2D eigenvalue weighted by atomic mass is 35.5. The molecule has 2 aromatic carbocycles. The first kappa shape index (κ1) is 15.5. The lowest BCUT2D eigenvalue weighted by Crippen LogP contribution is -2.15. The minimum absolute atomic E-state index is 0.0343. The van der Waals surface area contributed by atoms with Gasteiger partial charge in [-0.1, -0.05) is 11.6 Å². The number of halogens is 1. The molecular weight excluding hydrogens is 312 g/mol. The van der Waals surface area contributed by atoms with E-state index in [1.165, 1.54) is 12.1 Å². The normalized spacial score (nSPS) is 11.2. The third kappa shape index (κ3) is 3.81. The number of primary sulfonamides is 1. The molecule has 0 unspecified atom stereocenters. The number of hydrogen-bond donors (Lipinski definition) is 2. The van der Waals surface area contributed by atoms with Crippen molar-refractivity contribution < 1.29 is 13.2 Å². The van der Waals surface area contributed by atoms with Crippen LogP contribution in [0.1, 0.15) is 15.9 Å². The first-order valence-electron chi connectivity index (χ1n) is 5.98. The Bertz CT molecular complexity index is 786. The number of hydrogen-bond acceptors (Lipinski definition) is 3. The topological polar surface area (TPSA) is 89.3 Å². The third-order valence-corrected chi connectivity index (χ3v) is 4.17. The number of anilines is 1. The van der Waals surface area contributed by atoms with Crippen molar-refractivity contribution in [1.82, 2.24) is 0 Å². The molecule has 21 heavy (non-hydrogen) atoms. The van der Waals surface area contributed by atoms with Crippen LogP contribution in [-0.2, 0) is 10.0 Å². The van der Waals surface area contributed by atoms with E-state index < -0.39 is 10.0 Å². The summed E-state index contributed by atoms with van der Waals surface area (Å²) in [5.74, 6) is -0.311. The van der Waals surface area contributed by atoms with Crippen LogP contribution in [0.15, 0.2) is 47.4 Å². The van der Waals surface area contributed by atoms with E-state index in [0.717, 1.165) is 0 Å². The molecule has 0 aliphatic heterocycles. The number of aryl methyl sites for hydroxylation is 1. The highest BCUT2D eigenvalue weighted by Crippen LogP contribution is 2.19. The van der Waals surface area contributed by atoms with Gasteiger partial charge in [-0.25, -0.2) is 13.6 Å². The van der Waals surface area contributed by atoms with Gasteiger partial charge in [0.1, 0.15) is 0 Å². The summed E-state index contributed by atoms with van der Waals surface area (Å²) in [6.07, 6.45) is 0. The van der Waals surface area contributed by atoms with E-state index in [4.69, 9.17) is 16.7 Å². The summed E-state index contributed by atoms with van der Waals surface area (Å²) in [4.78, 5) is 12.1. The summed E-state index contributed by atoms with van der Waals surface area (Å²) in [6.45, 7) is 1.61. The monoisotopic (exact) mass is 324 g/mol. The minimum atomic E-state index is -3.76. The van der Waals surface area contributed by atoms with Crippen LogP contribution < -0.4 is 10.5 Å². The molecule has 0 spiro atoms. The zero-order chi connectivity index (χ0) is 15.6. The minimum Gasteiger partial charge on any atom is -0.322 e. The highest BCUT2D eigenvalue weighted by molar-refractivity contribution is 7.89. The lowest BCUT2D eigenvalue weighted by atomic mass is 10.2.